The molecule has 13 heavy (non-hydrogen) atoms. The van der Waals surface area contributed by atoms with E-state index in [0.717, 1.165) is 0 Å². The second-order valence-corrected chi connectivity index (χ2v) is 2.42. The smallest absolute Gasteiger partial charge is 0.337 e. The number of hydrogen-bond donors (Lipinski definition) is 2. The van der Waals surface area contributed by atoms with Crippen molar-refractivity contribution in [2.75, 3.05) is 6.79 Å². The van der Waals surface area contributed by atoms with Crippen LogP contribution in [0.1, 0.15) is 11.7 Å². The Labute approximate surface area is 75.4 Å². The summed E-state index contributed by atoms with van der Waals surface area (Å²) in [6.45, 7) is -0.605. The van der Waals surface area contributed by atoms with Crippen LogP contribution in [0.3, 0.4) is 0 Å². The summed E-state index contributed by atoms with van der Waals surface area (Å²) < 4.78 is 4.65. The molecule has 0 fully saturated rings. The lowest BCUT2D eigenvalue weighted by Gasteiger charge is -2.11. The van der Waals surface area contributed by atoms with Gasteiger partial charge in [-0.3, -0.25) is 0 Å². The molecule has 1 unspecified atom stereocenters. The number of aliphatic hydroxyl groups excluding tert-OH is 1. The third kappa shape index (κ3) is 2.54. The predicted octanol–water partition coefficient (Wildman–Crippen LogP) is 0.779. The lowest BCUT2D eigenvalue weighted by atomic mass is 10.1. The van der Waals surface area contributed by atoms with Gasteiger partial charge >= 0.3 is 5.97 Å². The Morgan fingerprint density at radius 1 is 1.38 bits per heavy atom. The van der Waals surface area contributed by atoms with Crippen LogP contribution in [0.5, 0.6) is 0 Å². The molecule has 4 heteroatoms. The molecule has 0 saturated carbocycles. The van der Waals surface area contributed by atoms with Gasteiger partial charge in [0.05, 0.1) is 0 Å². The van der Waals surface area contributed by atoms with Crippen molar-refractivity contribution >= 4 is 5.97 Å². The molecule has 2 N–H and O–H groups in total. The number of carboxylic acids is 1. The summed E-state index contributed by atoms with van der Waals surface area (Å²) in [4.78, 5) is 10.7. The Bertz CT molecular complexity index is 270. The fourth-order valence-electron chi connectivity index (χ4n) is 1.01. The highest BCUT2D eigenvalue weighted by Crippen LogP contribution is 2.16. The maximum atomic E-state index is 10.7. The minimum atomic E-state index is -1.11. The van der Waals surface area contributed by atoms with E-state index in [1.54, 1.807) is 30.3 Å². The zero-order valence-electron chi connectivity index (χ0n) is 6.88. The van der Waals surface area contributed by atoms with Gasteiger partial charge in [0.15, 0.2) is 6.10 Å². The average molecular weight is 182 g/mol. The highest BCUT2D eigenvalue weighted by Gasteiger charge is 2.19. The van der Waals surface area contributed by atoms with E-state index in [2.05, 4.69) is 4.74 Å². The highest BCUT2D eigenvalue weighted by molar-refractivity contribution is 5.74. The van der Waals surface area contributed by atoms with Gasteiger partial charge in [0.1, 0.15) is 6.79 Å². The van der Waals surface area contributed by atoms with Gasteiger partial charge in [-0.05, 0) is 5.56 Å². The van der Waals surface area contributed by atoms with Crippen molar-refractivity contribution in [1.29, 1.82) is 0 Å². The van der Waals surface area contributed by atoms with Crippen molar-refractivity contribution in [3.8, 4) is 0 Å². The lowest BCUT2D eigenvalue weighted by Crippen LogP contribution is -2.15. The van der Waals surface area contributed by atoms with Gasteiger partial charge in [-0.2, -0.15) is 0 Å². The highest BCUT2D eigenvalue weighted by atomic mass is 16.6. The van der Waals surface area contributed by atoms with Crippen LogP contribution in [-0.2, 0) is 9.53 Å². The topological polar surface area (TPSA) is 66.8 Å². The molecule has 0 aromatic heterocycles. The third-order valence-corrected chi connectivity index (χ3v) is 1.57. The molecule has 0 aliphatic rings. The Morgan fingerprint density at radius 3 is 2.46 bits per heavy atom. The van der Waals surface area contributed by atoms with Crippen molar-refractivity contribution in [2.24, 2.45) is 0 Å². The zero-order valence-corrected chi connectivity index (χ0v) is 6.88. The molecule has 0 saturated heterocycles. The van der Waals surface area contributed by atoms with Gasteiger partial charge in [-0.1, -0.05) is 30.3 Å². The molecule has 0 aliphatic carbocycles. The summed E-state index contributed by atoms with van der Waals surface area (Å²) in [6, 6.07) is 8.47. The molecule has 4 nitrogen and oxygen atoms in total. The molecule has 0 aliphatic heterocycles. The maximum absolute atomic E-state index is 10.7. The van der Waals surface area contributed by atoms with Crippen LogP contribution >= 0.6 is 0 Å². The molecule has 0 heterocycles. The van der Waals surface area contributed by atoms with Crippen molar-refractivity contribution < 1.29 is 19.7 Å². The van der Waals surface area contributed by atoms with Crippen LogP contribution in [0.15, 0.2) is 30.3 Å². The number of hydrogen-bond acceptors (Lipinski definition) is 3. The zero-order chi connectivity index (χ0) is 9.68. The van der Waals surface area contributed by atoms with Crippen LogP contribution in [0.4, 0.5) is 0 Å². The number of ether oxygens (including phenoxy) is 1. The first kappa shape index (κ1) is 9.70. The van der Waals surface area contributed by atoms with Gasteiger partial charge in [0, 0.05) is 0 Å². The predicted molar refractivity (Wildman–Crippen MR) is 45.0 cm³/mol. The van der Waals surface area contributed by atoms with E-state index in [9.17, 15) is 4.79 Å². The largest absolute Gasteiger partial charge is 0.479 e. The van der Waals surface area contributed by atoms with Crippen LogP contribution in [-0.4, -0.2) is 23.0 Å². The first-order valence-corrected chi connectivity index (χ1v) is 3.76. The number of carboxylic acid groups (broad SMARTS) is 1. The van der Waals surface area contributed by atoms with Crippen LogP contribution in [0.2, 0.25) is 0 Å². The third-order valence-electron chi connectivity index (χ3n) is 1.57. The molecule has 1 rings (SSSR count). The van der Waals surface area contributed by atoms with Crippen LogP contribution < -0.4 is 0 Å². The fourth-order valence-corrected chi connectivity index (χ4v) is 1.01. The summed E-state index contributed by atoms with van der Waals surface area (Å²) in [5, 5.41) is 17.2. The summed E-state index contributed by atoms with van der Waals surface area (Å²) in [7, 11) is 0. The number of carbonyl (C=O) groups is 1. The van der Waals surface area contributed by atoms with Gasteiger partial charge in [-0.25, -0.2) is 4.79 Å². The Kier molecular flexibility index (Phi) is 3.42. The number of rotatable bonds is 4. The number of benzene rings is 1. The monoisotopic (exact) mass is 182 g/mol. The van der Waals surface area contributed by atoms with E-state index >= 15 is 0 Å². The van der Waals surface area contributed by atoms with Crippen molar-refractivity contribution in [3.05, 3.63) is 35.9 Å². The molecule has 1 aromatic rings. The summed E-state index contributed by atoms with van der Waals surface area (Å²) in [5.41, 5.74) is 0.518. The van der Waals surface area contributed by atoms with E-state index < -0.39 is 18.9 Å². The summed E-state index contributed by atoms with van der Waals surface area (Å²) in [5.74, 6) is -1.11. The molecule has 1 atom stereocenters. The van der Waals surface area contributed by atoms with Crippen molar-refractivity contribution in [3.63, 3.8) is 0 Å². The normalized spacial score (nSPS) is 12.4. The van der Waals surface area contributed by atoms with Crippen molar-refractivity contribution in [2.45, 2.75) is 6.10 Å². The van der Waals surface area contributed by atoms with Gasteiger partial charge in [0.25, 0.3) is 0 Å². The molecular weight excluding hydrogens is 172 g/mol. The fraction of sp³-hybridized carbons (Fsp3) is 0.222. The molecule has 0 spiro atoms. The van der Waals surface area contributed by atoms with Crippen molar-refractivity contribution in [1.82, 2.24) is 0 Å². The summed E-state index contributed by atoms with van der Waals surface area (Å²) in [6.07, 6.45) is -1.09. The lowest BCUT2D eigenvalue weighted by molar-refractivity contribution is -0.157. The molecule has 70 valence electrons. The van der Waals surface area contributed by atoms with Crippen LogP contribution in [0.25, 0.3) is 0 Å². The van der Waals surface area contributed by atoms with Crippen LogP contribution in [0, 0.1) is 0 Å². The van der Waals surface area contributed by atoms with E-state index in [1.807, 2.05) is 0 Å². The second-order valence-electron chi connectivity index (χ2n) is 2.42. The van der Waals surface area contributed by atoms with Gasteiger partial charge in [-0.15, -0.1) is 0 Å². The molecule has 1 aromatic carbocycles. The Hall–Kier alpha value is -1.39. The van der Waals surface area contributed by atoms with E-state index in [0.29, 0.717) is 5.56 Å². The van der Waals surface area contributed by atoms with Gasteiger partial charge in [0.2, 0.25) is 0 Å². The second kappa shape index (κ2) is 4.59. The quantitative estimate of drug-likeness (QED) is 0.675. The van der Waals surface area contributed by atoms with E-state index in [-0.39, 0.29) is 0 Å². The molecule has 0 amide bonds. The molecular formula is C9H10O4. The average Bonchev–Trinajstić information content (AvgIpc) is 2.15. The minimum absolute atomic E-state index is 0.518. The number of aliphatic hydroxyl groups is 1. The Morgan fingerprint density at radius 2 is 2.00 bits per heavy atom. The molecule has 0 radical (unpaired) electrons. The van der Waals surface area contributed by atoms with Gasteiger partial charge < -0.3 is 14.9 Å². The van der Waals surface area contributed by atoms with E-state index in [1.165, 1.54) is 0 Å². The SMILES string of the molecule is O=C(O)C(OCO)c1ccccc1. The first-order chi connectivity index (χ1) is 6.25. The Balaban J connectivity index is 2.82. The maximum Gasteiger partial charge on any atom is 0.337 e. The van der Waals surface area contributed by atoms with E-state index in [4.69, 9.17) is 10.2 Å². The minimum Gasteiger partial charge on any atom is -0.479 e. The molecule has 0 bridgehead atoms. The summed E-state index contributed by atoms with van der Waals surface area (Å²) >= 11 is 0. The standard InChI is InChI=1S/C9H10O4/c10-6-13-8(9(11)12)7-4-2-1-3-5-7/h1-5,8,10H,6H2,(H,11,12). The number of aliphatic carboxylic acids is 1. The first-order valence-electron chi connectivity index (χ1n) is 3.76.